The summed E-state index contributed by atoms with van der Waals surface area (Å²) in [7, 11) is 0. The number of rotatable bonds is 4. The van der Waals surface area contributed by atoms with Gasteiger partial charge in [-0.25, -0.2) is 9.97 Å². The van der Waals surface area contributed by atoms with E-state index in [0.29, 0.717) is 25.0 Å². The fraction of sp³-hybridized carbons (Fsp3) is 0.364. The van der Waals surface area contributed by atoms with Gasteiger partial charge in [0.15, 0.2) is 0 Å². The van der Waals surface area contributed by atoms with Gasteiger partial charge < -0.3 is 16.4 Å². The molecule has 4 N–H and O–H groups in total. The monoisotopic (exact) mass is 359 g/mol. The Bertz CT molecular complexity index is 981. The third-order valence-electron chi connectivity index (χ3n) is 6.68. The van der Waals surface area contributed by atoms with Gasteiger partial charge in [0.05, 0.1) is 5.69 Å². The van der Waals surface area contributed by atoms with Gasteiger partial charge in [0, 0.05) is 29.8 Å². The van der Waals surface area contributed by atoms with E-state index in [1.165, 1.54) is 10.8 Å². The molecule has 1 aliphatic heterocycles. The Morgan fingerprint density at radius 1 is 1.04 bits per heavy atom. The highest BCUT2D eigenvalue weighted by molar-refractivity contribution is 5.86. The van der Waals surface area contributed by atoms with Gasteiger partial charge in [0.25, 0.3) is 0 Å². The van der Waals surface area contributed by atoms with Gasteiger partial charge in [-0.1, -0.05) is 36.4 Å². The number of fused-ring (bicyclic) bond motifs is 3. The molecule has 2 aromatic carbocycles. The van der Waals surface area contributed by atoms with Crippen LogP contribution in [0.1, 0.15) is 12.8 Å². The molecule has 1 aromatic heterocycles. The summed E-state index contributed by atoms with van der Waals surface area (Å²) in [4.78, 5) is 11.8. The van der Waals surface area contributed by atoms with Gasteiger partial charge in [-0.15, -0.1) is 0 Å². The standard InChI is InChI=1S/C22H25N5/c23-13-22(14-24)11-19-10-18(22)12-27(19)21-25-8-7-20(26-21)17-6-5-15-3-1-2-4-16(15)9-17/h1-9,18-19H,10-14,23-24H2/t18-,19-/m0/s1. The highest BCUT2D eigenvalue weighted by Crippen LogP contribution is 2.50. The van der Waals surface area contributed by atoms with Crippen LogP contribution in [0.25, 0.3) is 22.0 Å². The van der Waals surface area contributed by atoms with Crippen LogP contribution in [-0.2, 0) is 0 Å². The minimum atomic E-state index is 0.108. The summed E-state index contributed by atoms with van der Waals surface area (Å²) in [5, 5.41) is 2.47. The molecule has 1 saturated heterocycles. The van der Waals surface area contributed by atoms with Crippen LogP contribution in [0, 0.1) is 11.3 Å². The third kappa shape index (κ3) is 2.61. The summed E-state index contributed by atoms with van der Waals surface area (Å²) in [6.45, 7) is 2.31. The van der Waals surface area contributed by atoms with Gasteiger partial charge >= 0.3 is 0 Å². The smallest absolute Gasteiger partial charge is 0.226 e. The predicted octanol–water partition coefficient (Wildman–Crippen LogP) is 2.80. The van der Waals surface area contributed by atoms with Crippen molar-refractivity contribution < 1.29 is 0 Å². The molecule has 2 aliphatic rings. The van der Waals surface area contributed by atoms with Crippen LogP contribution in [0.2, 0.25) is 0 Å². The molecule has 0 amide bonds. The maximum Gasteiger partial charge on any atom is 0.226 e. The number of benzene rings is 2. The number of aromatic nitrogens is 2. The molecule has 5 heteroatoms. The normalized spacial score (nSPS) is 23.3. The SMILES string of the molecule is NCC1(CN)C[C@@H]2C[C@H]1CN2c1nccc(-c2ccc3ccccc3c2)n1. The first kappa shape index (κ1) is 16.7. The van der Waals surface area contributed by atoms with Crippen LogP contribution in [0.4, 0.5) is 5.95 Å². The second-order valence-electron chi connectivity index (χ2n) is 8.02. The van der Waals surface area contributed by atoms with Crippen LogP contribution in [0.15, 0.2) is 54.7 Å². The second kappa shape index (κ2) is 6.29. The Balaban J connectivity index is 1.45. The van der Waals surface area contributed by atoms with Crippen LogP contribution >= 0.6 is 0 Å². The molecule has 5 rings (SSSR count). The maximum absolute atomic E-state index is 6.07. The summed E-state index contributed by atoms with van der Waals surface area (Å²) >= 11 is 0. The number of nitrogens with zero attached hydrogens (tertiary/aromatic N) is 3. The zero-order valence-corrected chi connectivity index (χ0v) is 15.4. The van der Waals surface area contributed by atoms with E-state index in [2.05, 4.69) is 52.3 Å². The quantitative estimate of drug-likeness (QED) is 0.749. The molecule has 1 aliphatic carbocycles. The molecule has 1 saturated carbocycles. The highest BCUT2D eigenvalue weighted by atomic mass is 15.3. The van der Waals surface area contributed by atoms with Crippen molar-refractivity contribution in [1.82, 2.24) is 9.97 Å². The van der Waals surface area contributed by atoms with Crippen LogP contribution in [0.3, 0.4) is 0 Å². The molecule has 2 heterocycles. The minimum absolute atomic E-state index is 0.108. The Labute approximate surface area is 159 Å². The molecule has 0 unspecified atom stereocenters. The largest absolute Gasteiger partial charge is 0.337 e. The van der Waals surface area contributed by atoms with E-state index < -0.39 is 0 Å². The Hall–Kier alpha value is -2.50. The van der Waals surface area contributed by atoms with E-state index >= 15 is 0 Å². The minimum Gasteiger partial charge on any atom is -0.337 e. The predicted molar refractivity (Wildman–Crippen MR) is 109 cm³/mol. The summed E-state index contributed by atoms with van der Waals surface area (Å²) in [5.74, 6) is 1.38. The van der Waals surface area contributed by atoms with Gasteiger partial charge in [-0.3, -0.25) is 0 Å². The third-order valence-corrected chi connectivity index (χ3v) is 6.68. The molecule has 27 heavy (non-hydrogen) atoms. The lowest BCUT2D eigenvalue weighted by Gasteiger charge is -2.40. The topological polar surface area (TPSA) is 81.1 Å². The van der Waals surface area contributed by atoms with Crippen molar-refractivity contribution in [3.8, 4) is 11.3 Å². The van der Waals surface area contributed by atoms with E-state index in [9.17, 15) is 0 Å². The van der Waals surface area contributed by atoms with Crippen molar-refractivity contribution >= 4 is 16.7 Å². The molecule has 2 atom stereocenters. The fourth-order valence-electron chi connectivity index (χ4n) is 5.01. The van der Waals surface area contributed by atoms with Crippen molar-refractivity contribution in [2.45, 2.75) is 18.9 Å². The van der Waals surface area contributed by atoms with Crippen molar-refractivity contribution in [2.24, 2.45) is 22.8 Å². The van der Waals surface area contributed by atoms with Crippen LogP contribution in [-0.4, -0.2) is 35.6 Å². The van der Waals surface area contributed by atoms with Crippen molar-refractivity contribution in [3.05, 3.63) is 54.7 Å². The lowest BCUT2D eigenvalue weighted by Crippen LogP contribution is -2.49. The molecule has 3 aromatic rings. The maximum atomic E-state index is 6.07. The van der Waals surface area contributed by atoms with E-state index in [1.807, 2.05) is 12.3 Å². The summed E-state index contributed by atoms with van der Waals surface area (Å²) in [6, 6.07) is 17.3. The highest BCUT2D eigenvalue weighted by Gasteiger charge is 2.53. The molecule has 5 nitrogen and oxygen atoms in total. The summed E-state index contributed by atoms with van der Waals surface area (Å²) in [5.41, 5.74) is 14.3. The van der Waals surface area contributed by atoms with Crippen LogP contribution in [0.5, 0.6) is 0 Å². The fourth-order valence-corrected chi connectivity index (χ4v) is 5.01. The molecule has 138 valence electrons. The Morgan fingerprint density at radius 3 is 2.59 bits per heavy atom. The zero-order chi connectivity index (χ0) is 18.4. The van der Waals surface area contributed by atoms with E-state index in [-0.39, 0.29) is 5.41 Å². The first-order chi connectivity index (χ1) is 13.2. The second-order valence-corrected chi connectivity index (χ2v) is 8.02. The van der Waals surface area contributed by atoms with E-state index in [0.717, 1.165) is 36.6 Å². The number of hydrogen-bond donors (Lipinski definition) is 2. The molecule has 2 bridgehead atoms. The zero-order valence-electron chi connectivity index (χ0n) is 15.4. The lowest BCUT2D eigenvalue weighted by atomic mass is 9.76. The summed E-state index contributed by atoms with van der Waals surface area (Å²) < 4.78 is 0. The average Bonchev–Trinajstić information content (AvgIpc) is 3.32. The van der Waals surface area contributed by atoms with Crippen LogP contribution < -0.4 is 16.4 Å². The van der Waals surface area contributed by atoms with Crippen molar-refractivity contribution in [3.63, 3.8) is 0 Å². The van der Waals surface area contributed by atoms with Gasteiger partial charge in [0.2, 0.25) is 5.95 Å². The number of piperidine rings is 1. The first-order valence-corrected chi connectivity index (χ1v) is 9.71. The lowest BCUT2D eigenvalue weighted by molar-refractivity contribution is 0.207. The number of nitrogens with two attached hydrogens (primary N) is 2. The summed E-state index contributed by atoms with van der Waals surface area (Å²) in [6.07, 6.45) is 4.07. The van der Waals surface area contributed by atoms with E-state index in [4.69, 9.17) is 16.5 Å². The van der Waals surface area contributed by atoms with Crippen molar-refractivity contribution in [2.75, 3.05) is 24.5 Å². The van der Waals surface area contributed by atoms with Crippen molar-refractivity contribution in [1.29, 1.82) is 0 Å². The van der Waals surface area contributed by atoms with Gasteiger partial charge in [-0.05, 0) is 54.8 Å². The number of hydrogen-bond acceptors (Lipinski definition) is 5. The Morgan fingerprint density at radius 2 is 1.85 bits per heavy atom. The number of anilines is 1. The molecular weight excluding hydrogens is 334 g/mol. The first-order valence-electron chi connectivity index (χ1n) is 9.71. The Kier molecular flexibility index (Phi) is 3.88. The molecule has 0 radical (unpaired) electrons. The van der Waals surface area contributed by atoms with Gasteiger partial charge in [-0.2, -0.15) is 0 Å². The van der Waals surface area contributed by atoms with E-state index in [1.54, 1.807) is 0 Å². The molecular formula is C22H25N5. The molecule has 0 spiro atoms. The van der Waals surface area contributed by atoms with Gasteiger partial charge in [0.1, 0.15) is 0 Å². The molecule has 2 fully saturated rings. The average molecular weight is 359 g/mol.